The summed E-state index contributed by atoms with van der Waals surface area (Å²) in [5.74, 6) is 1.72. The summed E-state index contributed by atoms with van der Waals surface area (Å²) in [5, 5.41) is 6.38. The zero-order chi connectivity index (χ0) is 49.6. The van der Waals surface area contributed by atoms with Gasteiger partial charge in [-0.1, -0.05) is 176 Å². The van der Waals surface area contributed by atoms with Crippen LogP contribution in [0.1, 0.15) is 22.3 Å². The Labute approximate surface area is 439 Å². The number of nitrogens with zero attached hydrogens (tertiary/aromatic N) is 3. The van der Waals surface area contributed by atoms with Crippen molar-refractivity contribution in [3.63, 3.8) is 0 Å². The van der Waals surface area contributed by atoms with E-state index in [1.807, 2.05) is 30.3 Å². The minimum absolute atomic E-state index is 0.373. The van der Waals surface area contributed by atoms with Gasteiger partial charge in [0.25, 0.3) is 0 Å². The Morgan fingerprint density at radius 3 is 1.55 bits per heavy atom. The zero-order valence-electron chi connectivity index (χ0n) is 40.6. The van der Waals surface area contributed by atoms with Gasteiger partial charge in [0.2, 0.25) is 0 Å². The third kappa shape index (κ3) is 5.81. The van der Waals surface area contributed by atoms with Gasteiger partial charge in [0.1, 0.15) is 22.3 Å². The number of furan rings is 2. The van der Waals surface area contributed by atoms with Gasteiger partial charge in [-0.2, -0.15) is 0 Å². The summed E-state index contributed by atoms with van der Waals surface area (Å²) < 4.78 is 15.5. The molecule has 2 aliphatic rings. The zero-order valence-corrected chi connectivity index (χ0v) is 41.4. The molecule has 15 aromatic rings. The molecule has 2 aliphatic carbocycles. The smallest absolute Gasteiger partial charge is 0.164 e. The minimum Gasteiger partial charge on any atom is -0.456 e. The third-order valence-electron chi connectivity index (χ3n) is 16.2. The highest BCUT2D eigenvalue weighted by Crippen LogP contribution is 2.63. The highest BCUT2D eigenvalue weighted by atomic mass is 32.1. The number of hydrogen-bond donors (Lipinski definition) is 0. The van der Waals surface area contributed by atoms with E-state index in [0.29, 0.717) is 17.5 Å². The number of hydrogen-bond acceptors (Lipinski definition) is 6. The van der Waals surface area contributed by atoms with Crippen LogP contribution in [0.2, 0.25) is 0 Å². The largest absolute Gasteiger partial charge is 0.456 e. The first-order valence-electron chi connectivity index (χ1n) is 25.7. The number of benzene rings is 11. The Morgan fingerprint density at radius 1 is 0.276 bits per heavy atom. The highest BCUT2D eigenvalue weighted by molar-refractivity contribution is 7.25. The van der Waals surface area contributed by atoms with Crippen LogP contribution in [0.4, 0.5) is 0 Å². The molecule has 0 unspecified atom stereocenters. The standard InChI is InChI=1S/C70H39N3O2S/c1-6-23-55-45(16-1)46-17-2-7-24-56(46)70(55)57-25-8-3-18-47(57)53-37-42(31-34-58(53)70)40-14-11-15-41(36-40)43-32-35-60-54(38-43)65-51(21-12-27-61(65)74-60)68-71-67(44-30-33-49-48-19-4-9-26-59(48)75-62(49)39-44)72-69(73-68)52-22-13-29-64-66(52)50-20-5-10-28-63(50)76-64/h1-39H. The minimum atomic E-state index is -0.373. The topological polar surface area (TPSA) is 65.0 Å². The molecule has 0 fully saturated rings. The molecule has 0 aliphatic heterocycles. The van der Waals surface area contributed by atoms with Crippen molar-refractivity contribution in [3.05, 3.63) is 259 Å². The number of rotatable bonds is 5. The predicted octanol–water partition coefficient (Wildman–Crippen LogP) is 18.7. The molecule has 11 aromatic carbocycles. The normalized spacial score (nSPS) is 13.1. The summed E-state index contributed by atoms with van der Waals surface area (Å²) in [7, 11) is 0. The fourth-order valence-corrected chi connectivity index (χ4v) is 14.1. The van der Waals surface area contributed by atoms with Gasteiger partial charge in [0.05, 0.1) is 5.41 Å². The van der Waals surface area contributed by atoms with Crippen molar-refractivity contribution in [2.24, 2.45) is 0 Å². The summed E-state index contributed by atoms with van der Waals surface area (Å²) in [6.45, 7) is 0. The van der Waals surface area contributed by atoms with Crippen LogP contribution in [-0.4, -0.2) is 15.0 Å². The van der Waals surface area contributed by atoms with Gasteiger partial charge in [0, 0.05) is 58.4 Å². The van der Waals surface area contributed by atoms with Crippen LogP contribution in [0.15, 0.2) is 245 Å². The summed E-state index contributed by atoms with van der Waals surface area (Å²) in [4.78, 5) is 16.0. The lowest BCUT2D eigenvalue weighted by molar-refractivity contribution is 0.668. The van der Waals surface area contributed by atoms with Crippen LogP contribution in [0.25, 0.3) is 143 Å². The van der Waals surface area contributed by atoms with E-state index in [1.165, 1.54) is 64.9 Å². The van der Waals surface area contributed by atoms with E-state index in [9.17, 15) is 0 Å². The van der Waals surface area contributed by atoms with E-state index in [4.69, 9.17) is 23.8 Å². The maximum atomic E-state index is 6.67. The van der Waals surface area contributed by atoms with E-state index in [1.54, 1.807) is 11.3 Å². The summed E-state index contributed by atoms with van der Waals surface area (Å²) in [6, 6.07) is 85.1. The van der Waals surface area contributed by atoms with Gasteiger partial charge in [0.15, 0.2) is 17.5 Å². The average molecular weight is 986 g/mol. The molecule has 0 bridgehead atoms. The lowest BCUT2D eigenvalue weighted by Gasteiger charge is -2.30. The molecule has 1 spiro atoms. The molecule has 0 amide bonds. The molecular formula is C70H39N3O2S. The summed E-state index contributed by atoms with van der Waals surface area (Å²) in [5.41, 5.74) is 20.6. The second-order valence-corrected chi connectivity index (χ2v) is 21.2. The Morgan fingerprint density at radius 2 is 0.776 bits per heavy atom. The third-order valence-corrected chi connectivity index (χ3v) is 17.3. The Balaban J connectivity index is 0.810. The van der Waals surface area contributed by atoms with E-state index in [0.717, 1.165) is 82.6 Å². The highest BCUT2D eigenvalue weighted by Gasteiger charge is 2.51. The Bertz CT molecular complexity index is 4930. The van der Waals surface area contributed by atoms with Crippen molar-refractivity contribution in [2.45, 2.75) is 5.41 Å². The molecule has 5 nitrogen and oxygen atoms in total. The molecule has 17 rings (SSSR count). The molecule has 0 radical (unpaired) electrons. The van der Waals surface area contributed by atoms with Crippen LogP contribution in [0.5, 0.6) is 0 Å². The average Bonchev–Trinajstić information content (AvgIpc) is 4.42. The first kappa shape index (κ1) is 41.7. The second kappa shape index (κ2) is 15.6. The summed E-state index contributed by atoms with van der Waals surface area (Å²) >= 11 is 1.78. The van der Waals surface area contributed by atoms with Crippen molar-refractivity contribution < 1.29 is 8.83 Å². The predicted molar refractivity (Wildman–Crippen MR) is 311 cm³/mol. The van der Waals surface area contributed by atoms with E-state index in [-0.39, 0.29) is 5.41 Å². The number of para-hydroxylation sites is 1. The first-order chi connectivity index (χ1) is 37.6. The number of aromatic nitrogens is 3. The number of thiophene rings is 1. The monoisotopic (exact) mass is 985 g/mol. The van der Waals surface area contributed by atoms with Gasteiger partial charge in [-0.05, 0) is 127 Å². The maximum Gasteiger partial charge on any atom is 0.164 e. The lowest BCUT2D eigenvalue weighted by Crippen LogP contribution is -2.25. The molecule has 0 N–H and O–H groups in total. The van der Waals surface area contributed by atoms with Gasteiger partial charge >= 0.3 is 0 Å². The molecule has 0 saturated heterocycles. The molecule has 6 heteroatoms. The second-order valence-electron chi connectivity index (χ2n) is 20.1. The molecule has 76 heavy (non-hydrogen) atoms. The Hall–Kier alpha value is -9.75. The number of fused-ring (bicyclic) bond motifs is 19. The SMILES string of the molecule is c1cc(-c2ccc3c(c2)-c2ccccc2C32c3ccccc3-c3ccccc32)cc(-c2ccc3oc4cccc(-c5nc(-c6ccc7c(c6)oc6ccccc67)nc(-c6cccc7sc8ccccc8c67)n5)c4c3c2)c1. The molecule has 4 aromatic heterocycles. The first-order valence-corrected chi connectivity index (χ1v) is 26.5. The van der Waals surface area contributed by atoms with E-state index in [2.05, 4.69) is 206 Å². The maximum absolute atomic E-state index is 6.67. The van der Waals surface area contributed by atoms with Crippen LogP contribution < -0.4 is 0 Å². The molecule has 4 heterocycles. The Kier molecular flexibility index (Phi) is 8.58. The van der Waals surface area contributed by atoms with Crippen LogP contribution >= 0.6 is 11.3 Å². The molecule has 0 saturated carbocycles. The quantitative estimate of drug-likeness (QED) is 0.172. The van der Waals surface area contributed by atoms with E-state index >= 15 is 0 Å². The fourth-order valence-electron chi connectivity index (χ4n) is 12.9. The van der Waals surface area contributed by atoms with Crippen LogP contribution in [-0.2, 0) is 5.41 Å². The van der Waals surface area contributed by atoms with Gasteiger partial charge in [-0.15, -0.1) is 11.3 Å². The lowest BCUT2D eigenvalue weighted by atomic mass is 9.70. The van der Waals surface area contributed by atoms with Crippen molar-refractivity contribution in [1.29, 1.82) is 0 Å². The van der Waals surface area contributed by atoms with Gasteiger partial charge in [-0.3, -0.25) is 0 Å². The molecule has 352 valence electrons. The molecule has 0 atom stereocenters. The van der Waals surface area contributed by atoms with Gasteiger partial charge in [-0.25, -0.2) is 15.0 Å². The van der Waals surface area contributed by atoms with Crippen LogP contribution in [0, 0.1) is 0 Å². The fraction of sp³-hybridized carbons (Fsp3) is 0.0143. The van der Waals surface area contributed by atoms with Crippen molar-refractivity contribution >= 4 is 75.4 Å². The van der Waals surface area contributed by atoms with E-state index < -0.39 is 0 Å². The summed E-state index contributed by atoms with van der Waals surface area (Å²) in [6.07, 6.45) is 0. The molecular weight excluding hydrogens is 947 g/mol. The van der Waals surface area contributed by atoms with Crippen molar-refractivity contribution in [3.8, 4) is 78.7 Å². The van der Waals surface area contributed by atoms with Crippen LogP contribution in [0.3, 0.4) is 0 Å². The van der Waals surface area contributed by atoms with Crippen molar-refractivity contribution in [1.82, 2.24) is 15.0 Å². The van der Waals surface area contributed by atoms with Gasteiger partial charge < -0.3 is 8.83 Å². The van der Waals surface area contributed by atoms with Crippen molar-refractivity contribution in [2.75, 3.05) is 0 Å².